The molecule has 9 nitrogen and oxygen atoms in total. The Hall–Kier alpha value is -0.520. The molecule has 2 aliphatic heterocycles. The van der Waals surface area contributed by atoms with Crippen LogP contribution in [0.5, 0.6) is 0 Å². The van der Waals surface area contributed by atoms with Gasteiger partial charge < -0.3 is 39.8 Å². The molecule has 0 aromatic heterocycles. The molecule has 2 saturated heterocycles. The number of carbonyl (C=O) groups excluding carboxylic acids is 2. The van der Waals surface area contributed by atoms with Crippen molar-refractivity contribution in [3.63, 3.8) is 0 Å². The van der Waals surface area contributed by atoms with Crippen LogP contribution in [0.25, 0.3) is 0 Å². The second-order valence-corrected chi connectivity index (χ2v) is 17.1. The van der Waals surface area contributed by atoms with Gasteiger partial charge >= 0.3 is 37.7 Å². The predicted octanol–water partition coefficient (Wildman–Crippen LogP) is 4.89. The summed E-state index contributed by atoms with van der Waals surface area (Å²) in [7, 11) is 0. The van der Waals surface area contributed by atoms with Gasteiger partial charge in [0.2, 0.25) is 0 Å². The van der Waals surface area contributed by atoms with E-state index >= 15 is 0 Å². The molecule has 14 atom stereocenters. The van der Waals surface area contributed by atoms with Gasteiger partial charge in [0.15, 0.2) is 5.78 Å². The second kappa shape index (κ2) is 22.1. The minimum absolute atomic E-state index is 0. The summed E-state index contributed by atoms with van der Waals surface area (Å²) in [5.41, 5.74) is -1.02. The summed E-state index contributed by atoms with van der Waals surface area (Å²) in [6, 6.07) is 0. The number of rotatable bonds is 22. The summed E-state index contributed by atoms with van der Waals surface area (Å²) in [6.07, 6.45) is 10.2. The molecule has 0 aromatic rings. The number of hydrogen-bond acceptors (Lipinski definition) is 9. The molecule has 0 bridgehead atoms. The van der Waals surface area contributed by atoms with Gasteiger partial charge in [-0.05, 0) is 121 Å². The van der Waals surface area contributed by atoms with Crippen LogP contribution in [0.3, 0.4) is 0 Å². The van der Waals surface area contributed by atoms with Crippen molar-refractivity contribution in [1.29, 1.82) is 0 Å². The third-order valence-corrected chi connectivity index (χ3v) is 11.9. The van der Waals surface area contributed by atoms with Crippen molar-refractivity contribution in [3.8, 4) is 0 Å². The number of allylic oxidation sites excluding steroid dienone is 3. The predicted molar refractivity (Wildman–Crippen MR) is 198 cm³/mol. The van der Waals surface area contributed by atoms with Gasteiger partial charge in [-0.25, -0.2) is 0 Å². The fourth-order valence-corrected chi connectivity index (χ4v) is 8.00. The normalized spacial score (nSPS) is 30.1. The molecule has 0 unspecified atom stereocenters. The van der Waals surface area contributed by atoms with Crippen molar-refractivity contribution < 1.29 is 44.6 Å². The standard InChI is InChI=1S/C41H72O9.Ca/c1-25(21-29(5)34(43)24-35(44)30(6)22-27(3)20-26(2)14-15-38(46)47)12-11-13-28(4)39(48)31(7)36(45)23-33-16-18-41(10,49-33)37-17-19-40(9,50-37)32(8)42;/h11,13,24-33,36-37,39,42-43,45,48H,12,14-23H2,1-10H3,(H,46,47);/q;+2/p-2/b13-11+,34-24-;/t25-,26-,27-,28-,29-,30-,31+,32+,33+,36-,37-,39-,40-,41-;/m0./s1. The molecule has 10 heteroatoms. The van der Waals surface area contributed by atoms with Crippen molar-refractivity contribution in [2.45, 2.75) is 182 Å². The summed E-state index contributed by atoms with van der Waals surface area (Å²) in [4.78, 5) is 23.5. The van der Waals surface area contributed by atoms with Gasteiger partial charge in [-0.1, -0.05) is 60.6 Å². The topological polar surface area (TPSA) is 159 Å². The maximum atomic E-state index is 12.9. The minimum atomic E-state index is -1.04. The quantitative estimate of drug-likeness (QED) is 0.0607. The largest absolute Gasteiger partial charge is 2.00 e. The van der Waals surface area contributed by atoms with Gasteiger partial charge in [0, 0.05) is 23.7 Å². The Morgan fingerprint density at radius 2 is 1.47 bits per heavy atom. The first-order chi connectivity index (χ1) is 23.2. The van der Waals surface area contributed by atoms with E-state index in [0.29, 0.717) is 25.7 Å². The van der Waals surface area contributed by atoms with Crippen molar-refractivity contribution in [3.05, 3.63) is 24.0 Å². The second-order valence-electron chi connectivity index (χ2n) is 17.1. The van der Waals surface area contributed by atoms with E-state index in [1.807, 2.05) is 53.7 Å². The molecule has 0 aliphatic carbocycles. The first-order valence-corrected chi connectivity index (χ1v) is 19.4. The zero-order valence-electron chi connectivity index (χ0n) is 33.4. The number of aliphatic hydroxyl groups is 3. The Balaban J connectivity index is 0.0000130. The molecular weight excluding hydrogens is 677 g/mol. The zero-order valence-corrected chi connectivity index (χ0v) is 35.6. The summed E-state index contributed by atoms with van der Waals surface area (Å²) in [5, 5.41) is 55.9. The molecule has 3 N–H and O–H groups in total. The van der Waals surface area contributed by atoms with Gasteiger partial charge in [0.25, 0.3) is 0 Å². The van der Waals surface area contributed by atoms with E-state index in [1.165, 1.54) is 6.08 Å². The van der Waals surface area contributed by atoms with Crippen LogP contribution in [-0.2, 0) is 19.1 Å². The number of aliphatic carboxylic acids is 1. The molecule has 0 amide bonds. The van der Waals surface area contributed by atoms with E-state index in [9.17, 15) is 35.1 Å². The molecule has 290 valence electrons. The zero-order chi connectivity index (χ0) is 38.0. The van der Waals surface area contributed by atoms with E-state index in [2.05, 4.69) is 20.8 Å². The number of carbonyl (C=O) groups is 2. The molecule has 2 rings (SSSR count). The first-order valence-electron chi connectivity index (χ1n) is 19.4. The number of carboxylic acid groups (broad SMARTS) is 1. The van der Waals surface area contributed by atoms with Crippen molar-refractivity contribution in [2.75, 3.05) is 0 Å². The summed E-state index contributed by atoms with van der Waals surface area (Å²) >= 11 is 0. The molecule has 0 saturated carbocycles. The minimum Gasteiger partial charge on any atom is -0.875 e. The third-order valence-electron chi connectivity index (χ3n) is 11.9. The van der Waals surface area contributed by atoms with Crippen LogP contribution < -0.4 is 10.2 Å². The average molecular weight is 747 g/mol. The van der Waals surface area contributed by atoms with Gasteiger partial charge in [0.05, 0.1) is 41.7 Å². The Kier molecular flexibility index (Phi) is 21.1. The molecule has 2 fully saturated rings. The molecule has 0 aromatic carbocycles. The van der Waals surface area contributed by atoms with E-state index in [-0.39, 0.29) is 109 Å². The third kappa shape index (κ3) is 15.6. The number of carboxylic acids is 1. The van der Waals surface area contributed by atoms with Crippen LogP contribution in [0, 0.1) is 41.4 Å². The fraction of sp³-hybridized carbons (Fsp3) is 0.854. The number of aliphatic hydroxyl groups excluding tert-OH is 3. The van der Waals surface area contributed by atoms with Crippen LogP contribution in [0.15, 0.2) is 24.0 Å². The van der Waals surface area contributed by atoms with Crippen LogP contribution in [0.2, 0.25) is 0 Å². The van der Waals surface area contributed by atoms with Crippen molar-refractivity contribution in [2.24, 2.45) is 41.4 Å². The number of hydrogen-bond donors (Lipinski definition) is 3. The van der Waals surface area contributed by atoms with Crippen LogP contribution in [-0.4, -0.2) is 107 Å². The molecule has 2 aliphatic rings. The Bertz CT molecular complexity index is 1130. The van der Waals surface area contributed by atoms with Gasteiger partial charge in [-0.15, -0.1) is 5.76 Å². The van der Waals surface area contributed by atoms with Crippen LogP contribution >= 0.6 is 0 Å². The molecule has 0 spiro atoms. The van der Waals surface area contributed by atoms with Gasteiger partial charge in [0.1, 0.15) is 0 Å². The molecular formula is C41H70CaO9. The van der Waals surface area contributed by atoms with E-state index in [4.69, 9.17) is 9.47 Å². The first kappa shape index (κ1) is 48.5. The van der Waals surface area contributed by atoms with Crippen LogP contribution in [0.1, 0.15) is 140 Å². The number of ether oxygens (including phenoxy) is 2. The Labute approximate surface area is 339 Å². The Morgan fingerprint density at radius 3 is 2.06 bits per heavy atom. The average Bonchev–Trinajstić information content (AvgIpc) is 3.63. The maximum Gasteiger partial charge on any atom is 2.00 e. The molecule has 0 radical (unpaired) electrons. The SMILES string of the molecule is C[C@@H](CCC(=O)[O-])C[C@H](C)C[C@H](C)C(=O)/C=C(\[O-])[C@@H](C)C[C@@H](C)C/C=C/[C@H](C)[C@H](O)[C@H](C)[C@@H](O)C[C@H]1CC[C@@](C)([C@@H]2CC[C@@](C)([C@@H](C)O)O2)O1.[Ca+2]. The molecule has 2 heterocycles. The maximum absolute atomic E-state index is 12.9. The number of ketones is 1. The van der Waals surface area contributed by atoms with Crippen molar-refractivity contribution >= 4 is 49.5 Å². The van der Waals surface area contributed by atoms with Gasteiger partial charge in [-0.2, -0.15) is 0 Å². The summed E-state index contributed by atoms with van der Waals surface area (Å²) in [6.45, 7) is 19.4. The Morgan fingerprint density at radius 1 is 0.843 bits per heavy atom. The van der Waals surface area contributed by atoms with Gasteiger partial charge in [-0.3, -0.25) is 4.79 Å². The smallest absolute Gasteiger partial charge is 0.875 e. The van der Waals surface area contributed by atoms with E-state index < -0.39 is 35.5 Å². The summed E-state index contributed by atoms with van der Waals surface area (Å²) < 4.78 is 12.7. The monoisotopic (exact) mass is 746 g/mol. The fourth-order valence-electron chi connectivity index (χ4n) is 8.00. The summed E-state index contributed by atoms with van der Waals surface area (Å²) in [5.74, 6) is -1.73. The van der Waals surface area contributed by atoms with E-state index in [0.717, 1.165) is 38.5 Å². The van der Waals surface area contributed by atoms with E-state index in [1.54, 1.807) is 6.92 Å². The van der Waals surface area contributed by atoms with Crippen LogP contribution in [0.4, 0.5) is 0 Å². The van der Waals surface area contributed by atoms with Crippen molar-refractivity contribution in [1.82, 2.24) is 0 Å². The molecule has 51 heavy (non-hydrogen) atoms.